The molecule has 102 valence electrons. The number of aromatic nitrogens is 1. The van der Waals surface area contributed by atoms with E-state index < -0.39 is 0 Å². The third kappa shape index (κ3) is 3.45. The van der Waals surface area contributed by atoms with Gasteiger partial charge in [-0.25, -0.2) is 4.98 Å². The lowest BCUT2D eigenvalue weighted by Crippen LogP contribution is -2.30. The van der Waals surface area contributed by atoms with E-state index in [4.69, 9.17) is 4.98 Å². The second-order valence-corrected chi connectivity index (χ2v) is 6.00. The molecule has 0 amide bonds. The van der Waals surface area contributed by atoms with Gasteiger partial charge in [-0.2, -0.15) is 0 Å². The zero-order valence-electron chi connectivity index (χ0n) is 12.5. The molecule has 0 aliphatic carbocycles. The fourth-order valence-corrected chi connectivity index (χ4v) is 1.73. The molecule has 0 aliphatic heterocycles. The standard InChI is InChI=1S/C15H26N2O/c1-7-11(2)17(6)14-9-12(10-18)8-13(16-14)15(3,4)5/h8-9,11,18H,7,10H2,1-6H3. The van der Waals surface area contributed by atoms with Crippen LogP contribution in [0.5, 0.6) is 0 Å². The van der Waals surface area contributed by atoms with Crippen LogP contribution in [0.1, 0.15) is 52.3 Å². The summed E-state index contributed by atoms with van der Waals surface area (Å²) in [5, 5.41) is 9.38. The highest BCUT2D eigenvalue weighted by molar-refractivity contribution is 5.43. The zero-order valence-corrected chi connectivity index (χ0v) is 12.5. The van der Waals surface area contributed by atoms with Crippen LogP contribution in [-0.2, 0) is 12.0 Å². The van der Waals surface area contributed by atoms with Crippen LogP contribution in [0.2, 0.25) is 0 Å². The maximum Gasteiger partial charge on any atom is 0.129 e. The number of nitrogens with zero attached hydrogens (tertiary/aromatic N) is 2. The van der Waals surface area contributed by atoms with Gasteiger partial charge in [0.2, 0.25) is 0 Å². The smallest absolute Gasteiger partial charge is 0.129 e. The average molecular weight is 250 g/mol. The number of aliphatic hydroxyl groups excluding tert-OH is 1. The van der Waals surface area contributed by atoms with Crippen LogP contribution in [0.25, 0.3) is 0 Å². The van der Waals surface area contributed by atoms with Gasteiger partial charge >= 0.3 is 0 Å². The van der Waals surface area contributed by atoms with Crippen molar-refractivity contribution in [3.8, 4) is 0 Å². The summed E-state index contributed by atoms with van der Waals surface area (Å²) in [5.41, 5.74) is 1.95. The molecule has 0 aromatic carbocycles. The monoisotopic (exact) mass is 250 g/mol. The van der Waals surface area contributed by atoms with Crippen LogP contribution in [0.3, 0.4) is 0 Å². The van der Waals surface area contributed by atoms with Crippen LogP contribution >= 0.6 is 0 Å². The van der Waals surface area contributed by atoms with E-state index in [1.165, 1.54) is 0 Å². The number of rotatable bonds is 4. The van der Waals surface area contributed by atoms with Gasteiger partial charge in [-0.05, 0) is 31.0 Å². The maximum absolute atomic E-state index is 9.38. The van der Waals surface area contributed by atoms with Crippen molar-refractivity contribution < 1.29 is 5.11 Å². The van der Waals surface area contributed by atoms with Crippen molar-refractivity contribution in [2.75, 3.05) is 11.9 Å². The Labute approximate surface area is 111 Å². The molecule has 0 radical (unpaired) electrons. The molecular formula is C15H26N2O. The summed E-state index contributed by atoms with van der Waals surface area (Å²) in [6.07, 6.45) is 1.08. The Morgan fingerprint density at radius 1 is 1.33 bits per heavy atom. The van der Waals surface area contributed by atoms with Crippen LogP contribution in [0.4, 0.5) is 5.82 Å². The lowest BCUT2D eigenvalue weighted by atomic mass is 9.91. The molecule has 1 atom stereocenters. The van der Waals surface area contributed by atoms with Gasteiger partial charge in [-0.1, -0.05) is 27.7 Å². The fourth-order valence-electron chi connectivity index (χ4n) is 1.73. The minimum Gasteiger partial charge on any atom is -0.392 e. The van der Waals surface area contributed by atoms with Crippen molar-refractivity contribution in [3.05, 3.63) is 23.4 Å². The first kappa shape index (κ1) is 15.0. The largest absolute Gasteiger partial charge is 0.392 e. The normalized spacial score (nSPS) is 13.5. The molecule has 18 heavy (non-hydrogen) atoms. The lowest BCUT2D eigenvalue weighted by Gasteiger charge is -2.28. The maximum atomic E-state index is 9.38. The topological polar surface area (TPSA) is 36.4 Å². The van der Waals surface area contributed by atoms with Crippen molar-refractivity contribution in [2.45, 2.75) is 59.1 Å². The van der Waals surface area contributed by atoms with E-state index in [2.05, 4.69) is 46.6 Å². The Hall–Kier alpha value is -1.09. The third-order valence-electron chi connectivity index (χ3n) is 3.44. The van der Waals surface area contributed by atoms with Crippen LogP contribution in [-0.4, -0.2) is 23.2 Å². The summed E-state index contributed by atoms with van der Waals surface area (Å²) < 4.78 is 0. The van der Waals surface area contributed by atoms with E-state index >= 15 is 0 Å². The number of hydrogen-bond donors (Lipinski definition) is 1. The number of anilines is 1. The van der Waals surface area contributed by atoms with Gasteiger partial charge in [-0.3, -0.25) is 0 Å². The minimum atomic E-state index is -0.00375. The van der Waals surface area contributed by atoms with Gasteiger partial charge in [0.25, 0.3) is 0 Å². The number of pyridine rings is 1. The van der Waals surface area contributed by atoms with Crippen LogP contribution < -0.4 is 4.90 Å². The van der Waals surface area contributed by atoms with Crippen molar-refractivity contribution in [2.24, 2.45) is 0 Å². The summed E-state index contributed by atoms with van der Waals surface area (Å²) >= 11 is 0. The Bertz CT molecular complexity index is 396. The highest BCUT2D eigenvalue weighted by Crippen LogP contribution is 2.25. The molecule has 3 nitrogen and oxygen atoms in total. The summed E-state index contributed by atoms with van der Waals surface area (Å²) in [4.78, 5) is 6.91. The highest BCUT2D eigenvalue weighted by atomic mass is 16.3. The van der Waals surface area contributed by atoms with E-state index in [1.807, 2.05) is 12.1 Å². The minimum absolute atomic E-state index is 0.00375. The molecule has 3 heteroatoms. The lowest BCUT2D eigenvalue weighted by molar-refractivity contribution is 0.281. The zero-order chi connectivity index (χ0) is 13.9. The van der Waals surface area contributed by atoms with Crippen molar-refractivity contribution in [1.82, 2.24) is 4.98 Å². The Balaban J connectivity index is 3.20. The van der Waals surface area contributed by atoms with Crippen LogP contribution in [0.15, 0.2) is 12.1 Å². The third-order valence-corrected chi connectivity index (χ3v) is 3.44. The summed E-state index contributed by atoms with van der Waals surface area (Å²) in [7, 11) is 2.06. The van der Waals surface area contributed by atoms with Crippen molar-refractivity contribution in [3.63, 3.8) is 0 Å². The first-order valence-electron chi connectivity index (χ1n) is 6.64. The predicted molar refractivity (Wildman–Crippen MR) is 77.0 cm³/mol. The summed E-state index contributed by atoms with van der Waals surface area (Å²) in [6, 6.07) is 4.41. The molecule has 0 aliphatic rings. The van der Waals surface area contributed by atoms with Gasteiger partial charge < -0.3 is 10.0 Å². The molecule has 1 heterocycles. The second kappa shape index (κ2) is 5.70. The molecule has 0 fully saturated rings. The molecule has 0 spiro atoms. The molecule has 1 rings (SSSR count). The highest BCUT2D eigenvalue weighted by Gasteiger charge is 2.19. The summed E-state index contributed by atoms with van der Waals surface area (Å²) in [5.74, 6) is 0.945. The van der Waals surface area contributed by atoms with E-state index in [-0.39, 0.29) is 12.0 Å². The SMILES string of the molecule is CCC(C)N(C)c1cc(CO)cc(C(C)(C)C)n1. The first-order valence-corrected chi connectivity index (χ1v) is 6.64. The second-order valence-electron chi connectivity index (χ2n) is 6.00. The predicted octanol–water partition coefficient (Wildman–Crippen LogP) is 3.11. The molecule has 1 aromatic rings. The first-order chi connectivity index (χ1) is 8.29. The van der Waals surface area contributed by atoms with E-state index in [0.717, 1.165) is 23.5 Å². The van der Waals surface area contributed by atoms with E-state index in [9.17, 15) is 5.11 Å². The Kier molecular flexibility index (Phi) is 4.74. The van der Waals surface area contributed by atoms with E-state index in [0.29, 0.717) is 6.04 Å². The van der Waals surface area contributed by atoms with Gasteiger partial charge in [0.15, 0.2) is 0 Å². The molecule has 1 N–H and O–H groups in total. The van der Waals surface area contributed by atoms with Crippen molar-refractivity contribution >= 4 is 5.82 Å². The van der Waals surface area contributed by atoms with Gasteiger partial charge in [0.05, 0.1) is 6.61 Å². The quantitative estimate of drug-likeness (QED) is 0.892. The molecular weight excluding hydrogens is 224 g/mol. The van der Waals surface area contributed by atoms with Crippen molar-refractivity contribution in [1.29, 1.82) is 0 Å². The Morgan fingerprint density at radius 3 is 2.39 bits per heavy atom. The molecule has 0 bridgehead atoms. The Morgan fingerprint density at radius 2 is 1.94 bits per heavy atom. The van der Waals surface area contributed by atoms with Gasteiger partial charge in [0, 0.05) is 24.2 Å². The molecule has 1 unspecified atom stereocenters. The van der Waals surface area contributed by atoms with Gasteiger partial charge in [0.1, 0.15) is 5.82 Å². The summed E-state index contributed by atoms with van der Waals surface area (Å²) in [6.45, 7) is 10.8. The molecule has 0 saturated carbocycles. The van der Waals surface area contributed by atoms with Crippen LogP contribution in [0, 0.1) is 0 Å². The number of hydrogen-bond acceptors (Lipinski definition) is 3. The number of aliphatic hydroxyl groups is 1. The molecule has 1 aromatic heterocycles. The molecule has 0 saturated heterocycles. The van der Waals surface area contributed by atoms with Gasteiger partial charge in [-0.15, -0.1) is 0 Å². The van der Waals surface area contributed by atoms with E-state index in [1.54, 1.807) is 0 Å². The fraction of sp³-hybridized carbons (Fsp3) is 0.667. The average Bonchev–Trinajstić information content (AvgIpc) is 2.35.